The minimum absolute atomic E-state index is 0.0983. The molecule has 0 heterocycles. The standard InChI is InChI=1S/C18H21F2N3/c1-23(2)18(22-13-14-7-4-3-5-8-14)21-12-11-15-16(19)9-6-10-17(15)20/h3-10H,11-13H2,1-2H3,(H,21,22). The molecule has 3 nitrogen and oxygen atoms in total. The summed E-state index contributed by atoms with van der Waals surface area (Å²) in [5.41, 5.74) is 1.20. The number of guanidine groups is 1. The van der Waals surface area contributed by atoms with Gasteiger partial charge in [-0.3, -0.25) is 0 Å². The third kappa shape index (κ3) is 5.06. The van der Waals surface area contributed by atoms with E-state index in [1.807, 2.05) is 49.3 Å². The molecule has 0 unspecified atom stereocenters. The summed E-state index contributed by atoms with van der Waals surface area (Å²) < 4.78 is 27.2. The van der Waals surface area contributed by atoms with Gasteiger partial charge in [0, 0.05) is 26.2 Å². The highest BCUT2D eigenvalue weighted by Crippen LogP contribution is 2.12. The van der Waals surface area contributed by atoms with Crippen molar-refractivity contribution in [2.75, 3.05) is 20.6 Å². The van der Waals surface area contributed by atoms with Crippen molar-refractivity contribution in [3.63, 3.8) is 0 Å². The van der Waals surface area contributed by atoms with Crippen LogP contribution in [-0.2, 0) is 13.0 Å². The summed E-state index contributed by atoms with van der Waals surface area (Å²) in [4.78, 5) is 6.36. The van der Waals surface area contributed by atoms with E-state index >= 15 is 0 Å². The van der Waals surface area contributed by atoms with Gasteiger partial charge in [0.05, 0.1) is 6.54 Å². The van der Waals surface area contributed by atoms with Crippen molar-refractivity contribution in [3.8, 4) is 0 Å². The zero-order valence-corrected chi connectivity index (χ0v) is 13.4. The van der Waals surface area contributed by atoms with Crippen LogP contribution in [0, 0.1) is 11.6 Å². The van der Waals surface area contributed by atoms with Crippen LogP contribution in [0.25, 0.3) is 0 Å². The molecule has 0 saturated carbocycles. The van der Waals surface area contributed by atoms with E-state index in [1.54, 1.807) is 0 Å². The second kappa shape index (κ2) is 8.27. The van der Waals surface area contributed by atoms with Crippen LogP contribution < -0.4 is 5.32 Å². The fourth-order valence-electron chi connectivity index (χ4n) is 2.18. The highest BCUT2D eigenvalue weighted by molar-refractivity contribution is 5.79. The Morgan fingerprint density at radius 1 is 1.00 bits per heavy atom. The third-order valence-corrected chi connectivity index (χ3v) is 3.40. The molecule has 0 aliphatic rings. The van der Waals surface area contributed by atoms with Gasteiger partial charge in [0.25, 0.3) is 0 Å². The van der Waals surface area contributed by atoms with Crippen molar-refractivity contribution >= 4 is 5.96 Å². The first-order valence-corrected chi connectivity index (χ1v) is 7.50. The Kier molecular flexibility index (Phi) is 6.09. The van der Waals surface area contributed by atoms with E-state index in [1.165, 1.54) is 18.2 Å². The van der Waals surface area contributed by atoms with Gasteiger partial charge in [0.2, 0.25) is 0 Å². The second-order valence-electron chi connectivity index (χ2n) is 5.40. The number of hydrogen-bond acceptors (Lipinski definition) is 1. The topological polar surface area (TPSA) is 27.6 Å². The summed E-state index contributed by atoms with van der Waals surface area (Å²) in [5.74, 6) is -0.343. The van der Waals surface area contributed by atoms with Crippen LogP contribution in [-0.4, -0.2) is 31.5 Å². The molecule has 0 fully saturated rings. The van der Waals surface area contributed by atoms with Gasteiger partial charge in [-0.05, 0) is 24.1 Å². The number of hydrogen-bond donors (Lipinski definition) is 1. The molecule has 2 aromatic rings. The molecule has 0 saturated heterocycles. The van der Waals surface area contributed by atoms with Crippen LogP contribution in [0.1, 0.15) is 11.1 Å². The van der Waals surface area contributed by atoms with Crippen LogP contribution in [0.2, 0.25) is 0 Å². The summed E-state index contributed by atoms with van der Waals surface area (Å²) in [6, 6.07) is 13.8. The van der Waals surface area contributed by atoms with Crippen LogP contribution in [0.15, 0.2) is 53.5 Å². The fraction of sp³-hybridized carbons (Fsp3) is 0.278. The van der Waals surface area contributed by atoms with Crippen molar-refractivity contribution in [2.24, 2.45) is 4.99 Å². The Balaban J connectivity index is 1.95. The van der Waals surface area contributed by atoms with Gasteiger partial charge >= 0.3 is 0 Å². The van der Waals surface area contributed by atoms with E-state index in [4.69, 9.17) is 0 Å². The lowest BCUT2D eigenvalue weighted by Gasteiger charge is -2.18. The molecule has 0 spiro atoms. The number of aliphatic imine (C=N–C) groups is 1. The Morgan fingerprint density at radius 3 is 2.26 bits per heavy atom. The first-order chi connectivity index (χ1) is 11.1. The molecule has 0 atom stereocenters. The summed E-state index contributed by atoms with van der Waals surface area (Å²) in [6.45, 7) is 0.957. The maximum atomic E-state index is 13.6. The number of nitrogens with one attached hydrogen (secondary N) is 1. The van der Waals surface area contributed by atoms with Crippen LogP contribution in [0.5, 0.6) is 0 Å². The SMILES string of the molecule is CN(C)C(=NCc1ccccc1)NCCc1c(F)cccc1F. The van der Waals surface area contributed by atoms with Crippen molar-refractivity contribution in [1.29, 1.82) is 0 Å². The Labute approximate surface area is 135 Å². The number of halogens is 2. The van der Waals surface area contributed by atoms with Crippen molar-refractivity contribution in [1.82, 2.24) is 10.2 Å². The zero-order chi connectivity index (χ0) is 16.7. The highest BCUT2D eigenvalue weighted by Gasteiger charge is 2.08. The minimum Gasteiger partial charge on any atom is -0.356 e. The minimum atomic E-state index is -0.514. The molecule has 1 N–H and O–H groups in total. The third-order valence-electron chi connectivity index (χ3n) is 3.40. The Bertz CT molecular complexity index is 634. The van der Waals surface area contributed by atoms with Gasteiger partial charge < -0.3 is 10.2 Å². The molecule has 0 aliphatic carbocycles. The van der Waals surface area contributed by atoms with Gasteiger partial charge in [0.15, 0.2) is 5.96 Å². The normalized spacial score (nSPS) is 11.4. The van der Waals surface area contributed by atoms with Gasteiger partial charge in [-0.15, -0.1) is 0 Å². The predicted molar refractivity (Wildman–Crippen MR) is 89.3 cm³/mol. The largest absolute Gasteiger partial charge is 0.356 e. The molecule has 0 bridgehead atoms. The first-order valence-electron chi connectivity index (χ1n) is 7.50. The van der Waals surface area contributed by atoms with Crippen LogP contribution in [0.4, 0.5) is 8.78 Å². The lowest BCUT2D eigenvalue weighted by molar-refractivity contribution is 0.545. The molecular weight excluding hydrogens is 296 g/mol. The van der Waals surface area contributed by atoms with Gasteiger partial charge in [-0.2, -0.15) is 0 Å². The highest BCUT2D eigenvalue weighted by atomic mass is 19.1. The average molecular weight is 317 g/mol. The van der Waals surface area contributed by atoms with E-state index in [9.17, 15) is 8.78 Å². The number of nitrogens with zero attached hydrogens (tertiary/aromatic N) is 2. The Morgan fingerprint density at radius 2 is 1.65 bits per heavy atom. The quantitative estimate of drug-likeness (QED) is 0.677. The molecule has 23 heavy (non-hydrogen) atoms. The first kappa shape index (κ1) is 16.9. The molecule has 0 radical (unpaired) electrons. The fourth-order valence-corrected chi connectivity index (χ4v) is 2.18. The average Bonchev–Trinajstić information content (AvgIpc) is 2.53. The molecule has 0 amide bonds. The van der Waals surface area contributed by atoms with E-state index in [0.717, 1.165) is 5.56 Å². The summed E-state index contributed by atoms with van der Waals surface area (Å²) in [5, 5.41) is 3.13. The summed E-state index contributed by atoms with van der Waals surface area (Å²) in [7, 11) is 3.75. The molecule has 0 aliphatic heterocycles. The molecule has 2 rings (SSSR count). The zero-order valence-electron chi connectivity index (χ0n) is 13.4. The van der Waals surface area contributed by atoms with Crippen LogP contribution >= 0.6 is 0 Å². The van der Waals surface area contributed by atoms with Gasteiger partial charge in [-0.25, -0.2) is 13.8 Å². The lowest BCUT2D eigenvalue weighted by atomic mass is 10.1. The summed E-state index contributed by atoms with van der Waals surface area (Å²) in [6.07, 6.45) is 0.261. The van der Waals surface area contributed by atoms with Crippen LogP contribution in [0.3, 0.4) is 0 Å². The molecular formula is C18H21F2N3. The molecule has 5 heteroatoms. The van der Waals surface area contributed by atoms with Gasteiger partial charge in [-0.1, -0.05) is 36.4 Å². The van der Waals surface area contributed by atoms with E-state index in [-0.39, 0.29) is 12.0 Å². The molecule has 2 aromatic carbocycles. The summed E-state index contributed by atoms with van der Waals surface area (Å²) >= 11 is 0. The van der Waals surface area contributed by atoms with Crippen molar-refractivity contribution in [3.05, 3.63) is 71.3 Å². The van der Waals surface area contributed by atoms with E-state index < -0.39 is 11.6 Å². The monoisotopic (exact) mass is 317 g/mol. The maximum Gasteiger partial charge on any atom is 0.193 e. The van der Waals surface area contributed by atoms with Crippen molar-refractivity contribution in [2.45, 2.75) is 13.0 Å². The second-order valence-corrected chi connectivity index (χ2v) is 5.40. The maximum absolute atomic E-state index is 13.6. The predicted octanol–water partition coefficient (Wildman–Crippen LogP) is 3.21. The molecule has 122 valence electrons. The van der Waals surface area contributed by atoms with E-state index in [2.05, 4.69) is 10.3 Å². The smallest absolute Gasteiger partial charge is 0.193 e. The number of benzene rings is 2. The lowest BCUT2D eigenvalue weighted by Crippen LogP contribution is -2.37. The van der Waals surface area contributed by atoms with Gasteiger partial charge in [0.1, 0.15) is 11.6 Å². The Hall–Kier alpha value is -2.43. The number of rotatable bonds is 5. The molecule has 0 aromatic heterocycles. The van der Waals surface area contributed by atoms with Crippen molar-refractivity contribution < 1.29 is 8.78 Å². The van der Waals surface area contributed by atoms with E-state index in [0.29, 0.717) is 19.0 Å².